The summed E-state index contributed by atoms with van der Waals surface area (Å²) >= 11 is 0. The number of rotatable bonds is 6. The minimum absolute atomic E-state index is 0.0436. The molecule has 4 fully saturated rings. The maximum absolute atomic E-state index is 15.0. The van der Waals surface area contributed by atoms with Crippen molar-refractivity contribution in [2.75, 3.05) is 0 Å². The lowest BCUT2D eigenvalue weighted by molar-refractivity contribution is -0.303. The van der Waals surface area contributed by atoms with Crippen LogP contribution in [0.5, 0.6) is 0 Å². The Morgan fingerprint density at radius 3 is 2.40 bits per heavy atom. The average Bonchev–Trinajstić information content (AvgIpc) is 3.45. The van der Waals surface area contributed by atoms with Crippen molar-refractivity contribution in [1.29, 1.82) is 0 Å². The lowest BCUT2D eigenvalue weighted by Gasteiger charge is -2.78. The van der Waals surface area contributed by atoms with E-state index in [0.717, 1.165) is 36.8 Å². The van der Waals surface area contributed by atoms with Crippen molar-refractivity contribution in [3.8, 4) is 0 Å². The van der Waals surface area contributed by atoms with E-state index in [0.29, 0.717) is 54.0 Å². The number of hydrogen-bond donors (Lipinski definition) is 0. The third-order valence-corrected chi connectivity index (χ3v) is 14.9. The quantitative estimate of drug-likeness (QED) is 0.232. The van der Waals surface area contributed by atoms with Crippen LogP contribution in [0.1, 0.15) is 113 Å². The molecule has 0 N–H and O–H groups in total. The Morgan fingerprint density at radius 2 is 1.62 bits per heavy atom. The van der Waals surface area contributed by atoms with E-state index in [9.17, 15) is 4.79 Å². The molecule has 3 heterocycles. The molecule has 48 heavy (non-hydrogen) atoms. The van der Waals surface area contributed by atoms with Crippen LogP contribution in [0, 0.1) is 46.3 Å². The number of amides is 1. The molecule has 0 aromatic heterocycles. The first-order valence-corrected chi connectivity index (χ1v) is 18.8. The second-order valence-electron chi connectivity index (χ2n) is 17.2. The van der Waals surface area contributed by atoms with E-state index < -0.39 is 5.54 Å². The summed E-state index contributed by atoms with van der Waals surface area (Å²) in [6, 6.07) is 17.6. The van der Waals surface area contributed by atoms with Crippen molar-refractivity contribution in [2.24, 2.45) is 46.3 Å². The first-order valence-electron chi connectivity index (χ1n) is 18.8. The van der Waals surface area contributed by atoms with Gasteiger partial charge in [-0.05, 0) is 109 Å². The van der Waals surface area contributed by atoms with Gasteiger partial charge in [-0.1, -0.05) is 102 Å². The smallest absolute Gasteiger partial charge is 0.338 e. The highest BCUT2D eigenvalue weighted by molar-refractivity contribution is 5.97. The Labute approximate surface area is 287 Å². The minimum Gasteiger partial charge on any atom is -0.459 e. The molecule has 2 aromatic rings. The fourth-order valence-electron chi connectivity index (χ4n) is 12.1. The standard InChI is InChI=1S/C43H54N2O3/c1-28(2)29(3)16-17-30(4)35-18-19-36-40(35,5)22-21-37-41(6)23-20-33(48-39(47)31-12-8-7-9-13-31)26-42(41)24-25-43(36,37)45-38(46)34-15-11-10-14-32(34)27-44(42)45/h7-17,24-25,28-30,33,35-37H,18-23,26-27H2,1-6H3/b17-16+/t29?,30-,33+,35-,36?,37?,40-,41-,42-,43+/m1/s1. The number of ether oxygens (including phenoxy) is 1. The van der Waals surface area contributed by atoms with Crippen molar-refractivity contribution in [3.05, 3.63) is 95.6 Å². The highest BCUT2D eigenvalue weighted by atomic mass is 16.5. The van der Waals surface area contributed by atoms with Crippen LogP contribution >= 0.6 is 0 Å². The summed E-state index contributed by atoms with van der Waals surface area (Å²) < 4.78 is 6.30. The fourth-order valence-corrected chi connectivity index (χ4v) is 12.1. The average molecular weight is 647 g/mol. The summed E-state index contributed by atoms with van der Waals surface area (Å²) in [5.41, 5.74) is 1.89. The molecule has 1 saturated heterocycles. The summed E-state index contributed by atoms with van der Waals surface area (Å²) in [6.45, 7) is 15.2. The van der Waals surface area contributed by atoms with Crippen LogP contribution in [0.4, 0.5) is 0 Å². The van der Waals surface area contributed by atoms with Gasteiger partial charge in [-0.3, -0.25) is 9.80 Å². The van der Waals surface area contributed by atoms with Crippen LogP contribution in [0.25, 0.3) is 0 Å². The number of carbonyl (C=O) groups excluding carboxylic acids is 2. The fraction of sp³-hybridized carbons (Fsp3) is 0.581. The monoisotopic (exact) mass is 646 g/mol. The van der Waals surface area contributed by atoms with Gasteiger partial charge in [0.2, 0.25) is 0 Å². The summed E-state index contributed by atoms with van der Waals surface area (Å²) in [6.07, 6.45) is 17.0. The lowest BCUT2D eigenvalue weighted by Crippen LogP contribution is -2.86. The zero-order chi connectivity index (χ0) is 33.6. The Kier molecular flexibility index (Phi) is 7.46. The second kappa shape index (κ2) is 11.2. The van der Waals surface area contributed by atoms with Gasteiger partial charge in [0.25, 0.3) is 5.91 Å². The van der Waals surface area contributed by atoms with Gasteiger partial charge >= 0.3 is 5.97 Å². The van der Waals surface area contributed by atoms with E-state index in [4.69, 9.17) is 4.74 Å². The molecule has 4 aliphatic carbocycles. The zero-order valence-corrected chi connectivity index (χ0v) is 29.8. The van der Waals surface area contributed by atoms with Crippen LogP contribution in [0.15, 0.2) is 78.9 Å². The van der Waals surface area contributed by atoms with Gasteiger partial charge in [0.15, 0.2) is 0 Å². The number of hydrogen-bond acceptors (Lipinski definition) is 4. The van der Waals surface area contributed by atoms with Gasteiger partial charge in [-0.15, -0.1) is 0 Å². The maximum Gasteiger partial charge on any atom is 0.338 e. The van der Waals surface area contributed by atoms with E-state index >= 15 is 4.79 Å². The Morgan fingerprint density at radius 1 is 0.875 bits per heavy atom. The highest BCUT2D eigenvalue weighted by Crippen LogP contribution is 2.74. The third kappa shape index (κ3) is 4.25. The number of allylic oxidation sites excluding steroid dienone is 2. The second-order valence-corrected chi connectivity index (χ2v) is 17.2. The van der Waals surface area contributed by atoms with Gasteiger partial charge in [0.1, 0.15) is 6.10 Å². The van der Waals surface area contributed by atoms with Crippen LogP contribution in [-0.4, -0.2) is 39.1 Å². The molecule has 5 nitrogen and oxygen atoms in total. The van der Waals surface area contributed by atoms with Crippen molar-refractivity contribution >= 4 is 11.9 Å². The predicted octanol–water partition coefficient (Wildman–Crippen LogP) is 9.26. The molecule has 0 radical (unpaired) electrons. The van der Waals surface area contributed by atoms with Crippen LogP contribution in [0.3, 0.4) is 0 Å². The number of fused-ring (bicyclic) bond motifs is 2. The molecule has 2 bridgehead atoms. The summed E-state index contributed by atoms with van der Waals surface area (Å²) in [5, 5.41) is 4.79. The molecule has 5 heteroatoms. The third-order valence-electron chi connectivity index (χ3n) is 14.9. The molecule has 1 amide bonds. The van der Waals surface area contributed by atoms with Crippen LogP contribution < -0.4 is 0 Å². The van der Waals surface area contributed by atoms with Gasteiger partial charge in [-0.2, -0.15) is 0 Å². The highest BCUT2D eigenvalue weighted by Gasteiger charge is 2.77. The normalized spacial score (nSPS) is 39.4. The van der Waals surface area contributed by atoms with Gasteiger partial charge in [-0.25, -0.2) is 9.80 Å². The first kappa shape index (κ1) is 32.0. The van der Waals surface area contributed by atoms with Crippen LogP contribution in [-0.2, 0) is 11.3 Å². The molecule has 254 valence electrons. The molecule has 9 rings (SSSR count). The molecular formula is C43H54N2O3. The number of esters is 1. The van der Waals surface area contributed by atoms with E-state index in [2.05, 4.69) is 88.0 Å². The Bertz CT molecular complexity index is 1660. The van der Waals surface area contributed by atoms with E-state index in [1.165, 1.54) is 12.8 Å². The van der Waals surface area contributed by atoms with Crippen molar-refractivity contribution in [3.63, 3.8) is 0 Å². The van der Waals surface area contributed by atoms with Crippen molar-refractivity contribution in [1.82, 2.24) is 10.0 Å². The molecule has 2 aromatic carbocycles. The molecule has 3 aliphatic heterocycles. The number of carbonyl (C=O) groups is 2. The molecule has 2 spiro atoms. The zero-order valence-electron chi connectivity index (χ0n) is 29.8. The van der Waals surface area contributed by atoms with E-state index in [1.807, 2.05) is 42.5 Å². The van der Waals surface area contributed by atoms with Crippen molar-refractivity contribution in [2.45, 2.75) is 110 Å². The van der Waals surface area contributed by atoms with Crippen molar-refractivity contribution < 1.29 is 14.3 Å². The number of nitrogens with zero attached hydrogens (tertiary/aromatic N) is 2. The minimum atomic E-state index is -0.406. The lowest BCUT2D eigenvalue weighted by atomic mass is 9.39. The summed E-state index contributed by atoms with van der Waals surface area (Å²) in [4.78, 5) is 28.3. The molecular weight excluding hydrogens is 592 g/mol. The molecule has 3 saturated carbocycles. The predicted molar refractivity (Wildman–Crippen MR) is 190 cm³/mol. The first-order chi connectivity index (χ1) is 23.0. The van der Waals surface area contributed by atoms with Gasteiger partial charge in [0.05, 0.1) is 16.6 Å². The van der Waals surface area contributed by atoms with E-state index in [-0.39, 0.29) is 34.3 Å². The Balaban J connectivity index is 1.21. The van der Waals surface area contributed by atoms with Gasteiger partial charge < -0.3 is 4.74 Å². The molecule has 3 unspecified atom stereocenters. The SMILES string of the molecule is CC(C)C(C)/C=C/[C@@H](C)[C@H]1CCC2[C@@]34C=C[C@]5(C[C@@H](OC(=O)c6ccccc6)CC[C@]5(C)C3CC[C@@]21C)N1Cc2ccccc2C(=O)N14. The van der Waals surface area contributed by atoms with E-state index in [1.54, 1.807) is 0 Å². The molecule has 10 atom stereocenters. The number of hydrazine groups is 1. The summed E-state index contributed by atoms with van der Waals surface area (Å²) in [5.74, 6) is 2.96. The van der Waals surface area contributed by atoms with Crippen LogP contribution in [0.2, 0.25) is 0 Å². The van der Waals surface area contributed by atoms with Gasteiger partial charge in [0, 0.05) is 18.5 Å². The summed E-state index contributed by atoms with van der Waals surface area (Å²) in [7, 11) is 0. The number of benzene rings is 2. The Hall–Kier alpha value is -3.18. The largest absolute Gasteiger partial charge is 0.459 e. The molecule has 7 aliphatic rings. The maximum atomic E-state index is 15.0. The topological polar surface area (TPSA) is 49.9 Å².